The van der Waals surface area contributed by atoms with Crippen LogP contribution in [-0.4, -0.2) is 62.6 Å². The molecule has 4 heterocycles. The van der Waals surface area contributed by atoms with Crippen molar-refractivity contribution in [2.45, 2.75) is 24.4 Å². The summed E-state index contributed by atoms with van der Waals surface area (Å²) in [5.74, 6) is -2.58. The van der Waals surface area contributed by atoms with Gasteiger partial charge in [0.2, 0.25) is 0 Å². The van der Waals surface area contributed by atoms with Crippen LogP contribution in [0.3, 0.4) is 0 Å². The van der Waals surface area contributed by atoms with Crippen molar-refractivity contribution in [3.63, 3.8) is 0 Å². The molecule has 2 aromatic rings. The Morgan fingerprint density at radius 3 is 2.69 bits per heavy atom. The van der Waals surface area contributed by atoms with Crippen molar-refractivity contribution in [3.05, 3.63) is 52.6 Å². The van der Waals surface area contributed by atoms with Crippen LogP contribution in [-0.2, 0) is 24.0 Å². The smallest absolute Gasteiger partial charge is 0.543 e. The number of β-lactam (4-membered cyclic amide) rings is 1. The zero-order valence-electron chi connectivity index (χ0n) is 19.0. The van der Waals surface area contributed by atoms with Crippen molar-refractivity contribution in [2.75, 3.05) is 18.6 Å². The molecule has 0 aromatic carbocycles. The van der Waals surface area contributed by atoms with Gasteiger partial charge in [0, 0.05) is 17.8 Å². The summed E-state index contributed by atoms with van der Waals surface area (Å²) >= 11 is 2.37. The number of carbonyl (C=O) groups excluding carboxylic acids is 3. The van der Waals surface area contributed by atoms with E-state index in [0.29, 0.717) is 0 Å². The number of nitrogens with zero attached hydrogens (tertiary/aromatic N) is 4. The van der Waals surface area contributed by atoms with Crippen molar-refractivity contribution in [3.8, 4) is 0 Å². The van der Waals surface area contributed by atoms with E-state index >= 15 is 0 Å². The van der Waals surface area contributed by atoms with E-state index in [0.717, 1.165) is 21.8 Å². The van der Waals surface area contributed by atoms with Gasteiger partial charge in [0.25, 0.3) is 11.8 Å². The van der Waals surface area contributed by atoms with E-state index in [1.807, 2.05) is 0 Å². The third-order valence-electron chi connectivity index (χ3n) is 5.07. The van der Waals surface area contributed by atoms with Gasteiger partial charge in [-0.3, -0.25) is 19.5 Å². The third-order valence-corrected chi connectivity index (χ3v) is 7.00. The number of pyridine rings is 1. The number of hydrogen-bond acceptors (Lipinski definition) is 12. The molecular formula is C20H19N6NaO6S2. The Kier molecular flexibility index (Phi) is 8.77. The van der Waals surface area contributed by atoms with Gasteiger partial charge in [0.1, 0.15) is 41.8 Å². The predicted molar refractivity (Wildman–Crippen MR) is 121 cm³/mol. The van der Waals surface area contributed by atoms with Crippen molar-refractivity contribution >= 4 is 51.7 Å². The van der Waals surface area contributed by atoms with Crippen LogP contribution in [0.15, 0.2) is 46.5 Å². The first-order valence-corrected chi connectivity index (χ1v) is 11.8. The molecule has 2 amide bonds. The first-order chi connectivity index (χ1) is 16.3. The van der Waals surface area contributed by atoms with Crippen LogP contribution in [0.5, 0.6) is 0 Å². The summed E-state index contributed by atoms with van der Waals surface area (Å²) in [4.78, 5) is 51.3. The molecule has 4 rings (SSSR count). The number of carbonyl (C=O) groups is 3. The number of aliphatic carboxylic acids is 1. The number of rotatable bonds is 8. The average molecular weight is 527 g/mol. The van der Waals surface area contributed by atoms with Gasteiger partial charge in [-0.2, -0.15) is 0 Å². The number of nitrogen functional groups attached to an aromatic ring is 1. The Morgan fingerprint density at radius 1 is 1.37 bits per heavy atom. The molecule has 2 aliphatic rings. The van der Waals surface area contributed by atoms with Crippen LogP contribution in [0.25, 0.3) is 0 Å². The normalized spacial score (nSPS) is 20.2. The summed E-state index contributed by atoms with van der Waals surface area (Å²) in [6, 6.07) is 2.51. The van der Waals surface area contributed by atoms with E-state index in [4.69, 9.17) is 15.3 Å². The fraction of sp³-hybridized carbons (Fsp3) is 0.300. The minimum atomic E-state index is -1.54. The summed E-state index contributed by atoms with van der Waals surface area (Å²) in [6.45, 7) is 1.76. The standard InChI is InChI=1S/C20H20N6O6S2.Na/c1-9(10-3-5-22-6-4-10)32-12-8-33-18-14(17(28)26(18)15(12)19(29)30)24-16(27)13(25-31-2)11-7-34-20(21)23-11;/h3-7,9,14,18H,8H2,1-2H3,(H2,21,23)(H,24,27)(H,29,30);/q;+1/p-1/b25-13-;/t9?,14-,18+;/m1./s1. The molecule has 1 saturated heterocycles. The van der Waals surface area contributed by atoms with Crippen LogP contribution in [0, 0.1) is 0 Å². The Bertz CT molecular complexity index is 1190. The summed E-state index contributed by atoms with van der Waals surface area (Å²) in [5.41, 5.74) is 6.10. The van der Waals surface area contributed by atoms with Gasteiger partial charge in [-0.1, -0.05) is 5.16 Å². The molecule has 3 atom stereocenters. The number of ether oxygens (including phenoxy) is 1. The van der Waals surface area contributed by atoms with Gasteiger partial charge in [0.05, 0.1) is 11.7 Å². The number of aromatic nitrogens is 2. The molecule has 12 nitrogen and oxygen atoms in total. The molecule has 0 bridgehead atoms. The van der Waals surface area contributed by atoms with Gasteiger partial charge in [-0.05, 0) is 24.6 Å². The van der Waals surface area contributed by atoms with Crippen LogP contribution >= 0.6 is 23.1 Å². The van der Waals surface area contributed by atoms with Gasteiger partial charge < -0.3 is 30.5 Å². The van der Waals surface area contributed by atoms with Crippen LogP contribution in [0.4, 0.5) is 5.13 Å². The fourth-order valence-corrected chi connectivity index (χ4v) is 5.30. The van der Waals surface area contributed by atoms with Crippen LogP contribution in [0.2, 0.25) is 0 Å². The molecule has 15 heteroatoms. The molecule has 35 heavy (non-hydrogen) atoms. The average Bonchev–Trinajstić information content (AvgIpc) is 3.26. The van der Waals surface area contributed by atoms with E-state index in [1.54, 1.807) is 31.5 Å². The predicted octanol–water partition coefficient (Wildman–Crippen LogP) is -3.39. The number of hydrogen-bond donors (Lipinski definition) is 2. The van der Waals surface area contributed by atoms with Crippen molar-refractivity contribution in [2.24, 2.45) is 5.16 Å². The molecule has 1 unspecified atom stereocenters. The molecule has 0 spiro atoms. The Labute approximate surface area is 230 Å². The number of fused-ring (bicyclic) bond motifs is 1. The molecule has 2 aromatic heterocycles. The van der Waals surface area contributed by atoms with Gasteiger partial charge in [-0.25, -0.2) is 4.98 Å². The molecule has 0 saturated carbocycles. The zero-order chi connectivity index (χ0) is 24.4. The van der Waals surface area contributed by atoms with Crippen LogP contribution < -0.4 is 45.7 Å². The number of nitrogens with one attached hydrogen (secondary N) is 1. The minimum absolute atomic E-state index is 0. The maximum Gasteiger partial charge on any atom is 1.00 e. The number of anilines is 1. The minimum Gasteiger partial charge on any atom is -0.543 e. The quantitative estimate of drug-likeness (QED) is 0.153. The monoisotopic (exact) mass is 526 g/mol. The zero-order valence-corrected chi connectivity index (χ0v) is 22.6. The molecular weight excluding hydrogens is 507 g/mol. The summed E-state index contributed by atoms with van der Waals surface area (Å²) in [7, 11) is 1.27. The fourth-order valence-electron chi connectivity index (χ4n) is 3.49. The van der Waals surface area contributed by atoms with Gasteiger partial charge in [-0.15, -0.1) is 23.1 Å². The summed E-state index contributed by atoms with van der Waals surface area (Å²) in [5, 5.41) is 19.3. The second-order valence-corrected chi connectivity index (χ2v) is 9.15. The summed E-state index contributed by atoms with van der Waals surface area (Å²) < 4.78 is 5.87. The van der Waals surface area contributed by atoms with Crippen molar-refractivity contribution in [1.29, 1.82) is 0 Å². The largest absolute Gasteiger partial charge is 1.00 e. The number of amides is 2. The van der Waals surface area contributed by atoms with Gasteiger partial charge in [0.15, 0.2) is 10.8 Å². The Hall–Kier alpha value is -2.65. The van der Waals surface area contributed by atoms with E-state index in [1.165, 1.54) is 24.3 Å². The van der Waals surface area contributed by atoms with Gasteiger partial charge >= 0.3 is 29.6 Å². The van der Waals surface area contributed by atoms with Crippen molar-refractivity contribution < 1.29 is 58.6 Å². The Morgan fingerprint density at radius 2 is 2.09 bits per heavy atom. The maximum absolute atomic E-state index is 12.9. The topological polar surface area (TPSA) is 172 Å². The maximum atomic E-state index is 12.9. The number of nitrogens with two attached hydrogens (primary N) is 1. The third kappa shape index (κ3) is 5.46. The number of carboxylic acids is 1. The van der Waals surface area contributed by atoms with E-state index in [-0.39, 0.29) is 63.3 Å². The van der Waals surface area contributed by atoms with E-state index < -0.39 is 35.3 Å². The second-order valence-electron chi connectivity index (χ2n) is 7.15. The van der Waals surface area contributed by atoms with Crippen molar-refractivity contribution in [1.82, 2.24) is 20.2 Å². The Balaban J connectivity index is 0.00000342. The molecule has 2 aliphatic heterocycles. The number of oxime groups is 1. The number of thiazole rings is 1. The first kappa shape index (κ1) is 26.9. The van der Waals surface area contributed by atoms with Crippen LogP contribution in [0.1, 0.15) is 24.3 Å². The summed E-state index contributed by atoms with van der Waals surface area (Å²) in [6.07, 6.45) is 2.72. The molecule has 0 aliphatic carbocycles. The number of thioether (sulfide) groups is 1. The molecule has 1 fully saturated rings. The second kappa shape index (κ2) is 11.4. The molecule has 3 N–H and O–H groups in total. The van der Waals surface area contributed by atoms with E-state index in [2.05, 4.69) is 20.4 Å². The van der Waals surface area contributed by atoms with E-state index in [9.17, 15) is 19.5 Å². The SMILES string of the molecule is CO/N=C(\C(=O)N[C@@H]1C(=O)N2C(C(=O)[O-])=C(OC(C)c3ccncc3)CS[C@@H]12)c1csc(N)n1.[Na+]. The molecule has 0 radical (unpaired) electrons. The first-order valence-electron chi connectivity index (χ1n) is 9.91. The number of carboxylic acid groups (broad SMARTS) is 1. The molecule has 178 valence electrons.